The van der Waals surface area contributed by atoms with E-state index < -0.39 is 0 Å². The number of amides is 2. The summed E-state index contributed by atoms with van der Waals surface area (Å²) in [6, 6.07) is 8.98. The van der Waals surface area contributed by atoms with Crippen molar-refractivity contribution in [3.63, 3.8) is 0 Å². The zero-order valence-electron chi connectivity index (χ0n) is 13.5. The van der Waals surface area contributed by atoms with E-state index in [1.807, 2.05) is 0 Å². The van der Waals surface area contributed by atoms with E-state index in [9.17, 15) is 4.79 Å². The summed E-state index contributed by atoms with van der Waals surface area (Å²) >= 11 is 0. The third-order valence-electron chi connectivity index (χ3n) is 6.40. The van der Waals surface area contributed by atoms with Crippen molar-refractivity contribution in [3.8, 4) is 6.07 Å². The molecule has 4 aliphatic carbocycles. The van der Waals surface area contributed by atoms with E-state index >= 15 is 0 Å². The van der Waals surface area contributed by atoms with E-state index in [2.05, 4.69) is 23.6 Å². The fourth-order valence-electron chi connectivity index (χ4n) is 5.46. The van der Waals surface area contributed by atoms with Gasteiger partial charge in [0.15, 0.2) is 0 Å². The monoisotopic (exact) mass is 309 g/mol. The smallest absolute Gasteiger partial charge is 0.319 e. The SMILES string of the molecule is CC1C2CC3CC1CC(NC(=O)Nc1ccc(C#N)cc1)(C3)C2. The van der Waals surface area contributed by atoms with Crippen LogP contribution in [0.3, 0.4) is 0 Å². The molecule has 1 aromatic carbocycles. The fraction of sp³-hybridized carbons (Fsp3) is 0.579. The maximum atomic E-state index is 12.4. The van der Waals surface area contributed by atoms with Gasteiger partial charge in [-0.2, -0.15) is 5.26 Å². The Morgan fingerprint density at radius 3 is 2.43 bits per heavy atom. The van der Waals surface area contributed by atoms with Gasteiger partial charge in [-0.1, -0.05) is 6.92 Å². The first kappa shape index (κ1) is 14.6. The van der Waals surface area contributed by atoms with Crippen LogP contribution in [0.1, 0.15) is 44.6 Å². The Hall–Kier alpha value is -2.02. The first-order chi connectivity index (χ1) is 11.1. The molecule has 120 valence electrons. The van der Waals surface area contributed by atoms with E-state index in [1.165, 1.54) is 12.8 Å². The topological polar surface area (TPSA) is 64.9 Å². The molecule has 1 aromatic rings. The van der Waals surface area contributed by atoms with Crippen LogP contribution in [0.5, 0.6) is 0 Å². The van der Waals surface area contributed by atoms with Crippen LogP contribution < -0.4 is 10.6 Å². The average molecular weight is 309 g/mol. The number of hydrogen-bond acceptors (Lipinski definition) is 2. The van der Waals surface area contributed by atoms with Crippen molar-refractivity contribution in [2.75, 3.05) is 5.32 Å². The number of carbonyl (C=O) groups excluding carboxylic acids is 1. The van der Waals surface area contributed by atoms with Gasteiger partial charge in [-0.05, 0) is 80.0 Å². The van der Waals surface area contributed by atoms with E-state index in [4.69, 9.17) is 5.26 Å². The van der Waals surface area contributed by atoms with Gasteiger partial charge in [0.1, 0.15) is 0 Å². The van der Waals surface area contributed by atoms with Crippen molar-refractivity contribution in [2.45, 2.75) is 44.6 Å². The average Bonchev–Trinajstić information content (AvgIpc) is 2.52. The highest BCUT2D eigenvalue weighted by Crippen LogP contribution is 2.58. The summed E-state index contributed by atoms with van der Waals surface area (Å²) in [7, 11) is 0. The summed E-state index contributed by atoms with van der Waals surface area (Å²) in [4.78, 5) is 12.4. The summed E-state index contributed by atoms with van der Waals surface area (Å²) in [5, 5.41) is 15.1. The highest BCUT2D eigenvalue weighted by atomic mass is 16.2. The lowest BCUT2D eigenvalue weighted by Crippen LogP contribution is -2.62. The van der Waals surface area contributed by atoms with Crippen molar-refractivity contribution in [1.29, 1.82) is 5.26 Å². The lowest BCUT2D eigenvalue weighted by atomic mass is 9.49. The molecule has 0 saturated heterocycles. The summed E-state index contributed by atoms with van der Waals surface area (Å²) in [5.41, 5.74) is 1.35. The van der Waals surface area contributed by atoms with Gasteiger partial charge in [0.05, 0.1) is 11.6 Å². The van der Waals surface area contributed by atoms with Crippen LogP contribution in [0, 0.1) is 35.0 Å². The molecule has 2 amide bonds. The van der Waals surface area contributed by atoms with E-state index in [1.54, 1.807) is 24.3 Å². The Morgan fingerprint density at radius 1 is 1.17 bits per heavy atom. The first-order valence-electron chi connectivity index (χ1n) is 8.66. The van der Waals surface area contributed by atoms with Gasteiger partial charge in [-0.25, -0.2) is 4.79 Å². The standard InChI is InChI=1S/C19H23N3O/c1-12-15-6-14-7-16(12)10-19(8-14,9-15)22-18(23)21-17-4-2-13(11-20)3-5-17/h2-5,12,14-16H,6-10H2,1H3,(H2,21,22,23). The molecule has 4 aliphatic rings. The molecule has 4 nitrogen and oxygen atoms in total. The fourth-order valence-corrected chi connectivity index (χ4v) is 5.46. The Kier molecular flexibility index (Phi) is 3.33. The predicted molar refractivity (Wildman–Crippen MR) is 88.8 cm³/mol. The minimum absolute atomic E-state index is 0.0136. The second kappa shape index (κ2) is 5.26. The van der Waals surface area contributed by atoms with Crippen LogP contribution in [-0.2, 0) is 0 Å². The molecule has 4 bridgehead atoms. The number of urea groups is 1. The van der Waals surface area contributed by atoms with E-state index in [0.717, 1.165) is 48.6 Å². The Balaban J connectivity index is 1.43. The van der Waals surface area contributed by atoms with Gasteiger partial charge in [0.2, 0.25) is 0 Å². The predicted octanol–water partition coefficient (Wildman–Crippen LogP) is 3.89. The molecule has 2 atom stereocenters. The van der Waals surface area contributed by atoms with Crippen LogP contribution >= 0.6 is 0 Å². The van der Waals surface area contributed by atoms with Crippen molar-refractivity contribution in [2.24, 2.45) is 23.7 Å². The number of benzene rings is 1. The minimum atomic E-state index is -0.107. The summed E-state index contributed by atoms with van der Waals surface area (Å²) in [6.45, 7) is 2.40. The number of nitriles is 1. The molecule has 23 heavy (non-hydrogen) atoms. The number of anilines is 1. The van der Waals surface area contributed by atoms with E-state index in [-0.39, 0.29) is 11.6 Å². The van der Waals surface area contributed by atoms with Gasteiger partial charge >= 0.3 is 6.03 Å². The minimum Gasteiger partial charge on any atom is -0.332 e. The molecule has 4 saturated carbocycles. The molecule has 0 radical (unpaired) electrons. The molecule has 0 aliphatic heterocycles. The van der Waals surface area contributed by atoms with Crippen LogP contribution in [0.25, 0.3) is 0 Å². The maximum absolute atomic E-state index is 12.4. The zero-order valence-corrected chi connectivity index (χ0v) is 13.5. The second-order valence-corrected chi connectivity index (χ2v) is 7.88. The molecule has 5 rings (SSSR count). The van der Waals surface area contributed by atoms with Gasteiger partial charge in [0.25, 0.3) is 0 Å². The van der Waals surface area contributed by atoms with Crippen LogP contribution in [0.4, 0.5) is 10.5 Å². The quantitative estimate of drug-likeness (QED) is 0.870. The van der Waals surface area contributed by atoms with Gasteiger partial charge in [-0.3, -0.25) is 0 Å². The highest BCUT2D eigenvalue weighted by Gasteiger charge is 2.54. The lowest BCUT2D eigenvalue weighted by Gasteiger charge is -2.59. The molecular formula is C19H23N3O. The molecule has 0 aromatic heterocycles. The second-order valence-electron chi connectivity index (χ2n) is 7.88. The Bertz CT molecular complexity index is 644. The maximum Gasteiger partial charge on any atom is 0.319 e. The van der Waals surface area contributed by atoms with Gasteiger partial charge < -0.3 is 10.6 Å². The molecule has 2 N–H and O–H groups in total. The van der Waals surface area contributed by atoms with Gasteiger partial charge in [0, 0.05) is 11.2 Å². The summed E-state index contributed by atoms with van der Waals surface area (Å²) in [5.74, 6) is 3.20. The number of rotatable bonds is 2. The van der Waals surface area contributed by atoms with Crippen molar-refractivity contribution < 1.29 is 4.79 Å². The van der Waals surface area contributed by atoms with Crippen LogP contribution in [0.15, 0.2) is 24.3 Å². The highest BCUT2D eigenvalue weighted by molar-refractivity contribution is 5.89. The molecule has 2 unspecified atom stereocenters. The summed E-state index contributed by atoms with van der Waals surface area (Å²) in [6.07, 6.45) is 6.15. The number of nitrogens with zero attached hydrogens (tertiary/aromatic N) is 1. The largest absolute Gasteiger partial charge is 0.332 e. The van der Waals surface area contributed by atoms with Crippen molar-refractivity contribution in [3.05, 3.63) is 29.8 Å². The normalized spacial score (nSPS) is 37.2. The molecule has 4 fully saturated rings. The Labute approximate surface area is 137 Å². The summed E-state index contributed by atoms with van der Waals surface area (Å²) < 4.78 is 0. The molecule has 0 heterocycles. The molecule has 4 heteroatoms. The first-order valence-corrected chi connectivity index (χ1v) is 8.66. The third-order valence-corrected chi connectivity index (χ3v) is 6.40. The molecule has 0 spiro atoms. The number of nitrogens with one attached hydrogen (secondary N) is 2. The molecular weight excluding hydrogens is 286 g/mol. The van der Waals surface area contributed by atoms with Crippen molar-refractivity contribution >= 4 is 11.7 Å². The van der Waals surface area contributed by atoms with Crippen molar-refractivity contribution in [1.82, 2.24) is 5.32 Å². The van der Waals surface area contributed by atoms with E-state index in [0.29, 0.717) is 5.56 Å². The zero-order chi connectivity index (χ0) is 16.0. The van der Waals surface area contributed by atoms with Gasteiger partial charge in [-0.15, -0.1) is 0 Å². The Morgan fingerprint density at radius 2 is 1.83 bits per heavy atom. The lowest BCUT2D eigenvalue weighted by molar-refractivity contribution is -0.0540. The number of carbonyl (C=O) groups is 1. The number of hydrogen-bond donors (Lipinski definition) is 2. The van der Waals surface area contributed by atoms with Crippen LogP contribution in [-0.4, -0.2) is 11.6 Å². The third kappa shape index (κ3) is 2.59. The van der Waals surface area contributed by atoms with Crippen LogP contribution in [0.2, 0.25) is 0 Å².